The Hall–Kier alpha value is -0.450. The molecule has 1 saturated carbocycles. The lowest BCUT2D eigenvalue weighted by atomic mass is 9.78. The van der Waals surface area contributed by atoms with Crippen molar-refractivity contribution in [1.82, 2.24) is 5.32 Å². The summed E-state index contributed by atoms with van der Waals surface area (Å²) in [5.41, 5.74) is 0. The SMILES string of the molecule is CC(Cl)CCCNC(=O)C1CCCCC1C(F)(F)F. The van der Waals surface area contributed by atoms with Gasteiger partial charge in [0.05, 0.1) is 5.92 Å². The number of amides is 1. The molecule has 0 saturated heterocycles. The van der Waals surface area contributed by atoms with Gasteiger partial charge in [-0.05, 0) is 32.6 Å². The lowest BCUT2D eigenvalue weighted by molar-refractivity contribution is -0.198. The van der Waals surface area contributed by atoms with Crippen molar-refractivity contribution in [2.45, 2.75) is 57.0 Å². The fraction of sp³-hybridized carbons (Fsp3) is 0.923. The van der Waals surface area contributed by atoms with Crippen LogP contribution in [-0.2, 0) is 4.79 Å². The van der Waals surface area contributed by atoms with Crippen LogP contribution < -0.4 is 5.32 Å². The number of alkyl halides is 4. The summed E-state index contributed by atoms with van der Waals surface area (Å²) in [6.45, 7) is 2.25. The second-order valence-corrected chi connectivity index (χ2v) is 6.00. The van der Waals surface area contributed by atoms with E-state index in [0.29, 0.717) is 32.2 Å². The molecule has 0 bridgehead atoms. The van der Waals surface area contributed by atoms with Crippen molar-refractivity contribution in [2.24, 2.45) is 11.8 Å². The molecule has 1 aliphatic carbocycles. The van der Waals surface area contributed by atoms with Gasteiger partial charge in [-0.2, -0.15) is 13.2 Å². The highest BCUT2D eigenvalue weighted by molar-refractivity contribution is 6.20. The molecule has 1 rings (SSSR count). The van der Waals surface area contributed by atoms with Crippen molar-refractivity contribution >= 4 is 17.5 Å². The maximum absolute atomic E-state index is 12.8. The van der Waals surface area contributed by atoms with Gasteiger partial charge >= 0.3 is 6.18 Å². The van der Waals surface area contributed by atoms with Crippen LogP contribution in [0, 0.1) is 11.8 Å². The summed E-state index contributed by atoms with van der Waals surface area (Å²) >= 11 is 5.76. The highest BCUT2D eigenvalue weighted by atomic mass is 35.5. The first-order valence-corrected chi connectivity index (χ1v) is 7.24. The summed E-state index contributed by atoms with van der Waals surface area (Å²) < 4.78 is 38.5. The van der Waals surface area contributed by atoms with Crippen molar-refractivity contribution < 1.29 is 18.0 Å². The average molecular weight is 300 g/mol. The quantitative estimate of drug-likeness (QED) is 0.606. The van der Waals surface area contributed by atoms with E-state index in [-0.39, 0.29) is 11.8 Å². The van der Waals surface area contributed by atoms with E-state index in [1.807, 2.05) is 6.92 Å². The number of hydrogen-bond acceptors (Lipinski definition) is 1. The number of rotatable bonds is 5. The van der Waals surface area contributed by atoms with Crippen molar-refractivity contribution in [3.8, 4) is 0 Å². The van der Waals surface area contributed by atoms with E-state index in [0.717, 1.165) is 6.42 Å². The first-order chi connectivity index (χ1) is 8.82. The predicted molar refractivity (Wildman–Crippen MR) is 69.1 cm³/mol. The van der Waals surface area contributed by atoms with Crippen LogP contribution in [-0.4, -0.2) is 24.0 Å². The molecule has 3 atom stereocenters. The van der Waals surface area contributed by atoms with Crippen LogP contribution in [0.2, 0.25) is 0 Å². The first-order valence-electron chi connectivity index (χ1n) is 6.81. The van der Waals surface area contributed by atoms with Crippen LogP contribution in [0.15, 0.2) is 0 Å². The zero-order valence-corrected chi connectivity index (χ0v) is 11.9. The molecule has 112 valence electrons. The third kappa shape index (κ3) is 5.59. The molecule has 0 heterocycles. The van der Waals surface area contributed by atoms with Crippen molar-refractivity contribution in [1.29, 1.82) is 0 Å². The number of hydrogen-bond donors (Lipinski definition) is 1. The lowest BCUT2D eigenvalue weighted by Gasteiger charge is -2.32. The molecule has 1 amide bonds. The maximum atomic E-state index is 12.8. The van der Waals surface area contributed by atoms with Crippen LogP contribution in [0.25, 0.3) is 0 Å². The topological polar surface area (TPSA) is 29.1 Å². The number of carbonyl (C=O) groups is 1. The van der Waals surface area contributed by atoms with Crippen molar-refractivity contribution in [2.75, 3.05) is 6.54 Å². The number of halogens is 4. The molecular formula is C13H21ClF3NO. The van der Waals surface area contributed by atoms with Gasteiger partial charge in [0.25, 0.3) is 0 Å². The molecule has 0 radical (unpaired) electrons. The van der Waals surface area contributed by atoms with Gasteiger partial charge in [0, 0.05) is 17.8 Å². The van der Waals surface area contributed by atoms with E-state index in [1.54, 1.807) is 0 Å². The summed E-state index contributed by atoms with van der Waals surface area (Å²) in [5, 5.41) is 2.63. The van der Waals surface area contributed by atoms with Gasteiger partial charge in [-0.1, -0.05) is 12.8 Å². The lowest BCUT2D eigenvalue weighted by Crippen LogP contribution is -2.42. The Morgan fingerprint density at radius 3 is 2.58 bits per heavy atom. The predicted octanol–water partition coefficient (Wildman–Crippen LogP) is 3.88. The molecule has 0 aromatic carbocycles. The molecule has 0 aromatic rings. The molecule has 1 aliphatic rings. The van der Waals surface area contributed by atoms with E-state index < -0.39 is 23.9 Å². The highest BCUT2D eigenvalue weighted by Crippen LogP contribution is 2.41. The molecule has 2 nitrogen and oxygen atoms in total. The molecule has 0 aromatic heterocycles. The van der Waals surface area contributed by atoms with Crippen LogP contribution in [0.1, 0.15) is 45.4 Å². The van der Waals surface area contributed by atoms with Crippen LogP contribution in [0.4, 0.5) is 13.2 Å². The minimum Gasteiger partial charge on any atom is -0.356 e. The Bertz CT molecular complexity index is 294. The molecule has 1 N–H and O–H groups in total. The molecule has 0 spiro atoms. The van der Waals surface area contributed by atoms with Gasteiger partial charge in [0.15, 0.2) is 0 Å². The average Bonchev–Trinajstić information content (AvgIpc) is 2.33. The molecular weight excluding hydrogens is 279 g/mol. The van der Waals surface area contributed by atoms with Gasteiger partial charge in [-0.25, -0.2) is 0 Å². The van der Waals surface area contributed by atoms with E-state index >= 15 is 0 Å². The minimum atomic E-state index is -4.27. The third-order valence-corrected chi connectivity index (χ3v) is 3.82. The first kappa shape index (κ1) is 16.6. The summed E-state index contributed by atoms with van der Waals surface area (Å²) in [7, 11) is 0. The van der Waals surface area contributed by atoms with E-state index in [2.05, 4.69) is 5.32 Å². The largest absolute Gasteiger partial charge is 0.392 e. The van der Waals surface area contributed by atoms with E-state index in [9.17, 15) is 18.0 Å². The molecule has 19 heavy (non-hydrogen) atoms. The Morgan fingerprint density at radius 2 is 2.00 bits per heavy atom. The van der Waals surface area contributed by atoms with Crippen LogP contribution in [0.3, 0.4) is 0 Å². The molecule has 6 heteroatoms. The molecule has 3 unspecified atom stereocenters. The second-order valence-electron chi connectivity index (χ2n) is 5.25. The number of carbonyl (C=O) groups excluding carboxylic acids is 1. The summed E-state index contributed by atoms with van der Waals surface area (Å²) in [6.07, 6.45) is -1.18. The molecule has 0 aliphatic heterocycles. The smallest absolute Gasteiger partial charge is 0.356 e. The number of nitrogens with one attached hydrogen (secondary N) is 1. The summed E-state index contributed by atoms with van der Waals surface area (Å²) in [6, 6.07) is 0. The standard InChI is InChI=1S/C13H21ClF3NO/c1-9(14)5-4-8-18-12(19)10-6-2-3-7-11(10)13(15,16)17/h9-11H,2-8H2,1H3,(H,18,19). The normalized spacial score (nSPS) is 25.9. The Kier molecular flexibility index (Phi) is 6.43. The third-order valence-electron chi connectivity index (χ3n) is 3.60. The van der Waals surface area contributed by atoms with Gasteiger partial charge < -0.3 is 5.32 Å². The monoisotopic (exact) mass is 299 g/mol. The fourth-order valence-corrected chi connectivity index (χ4v) is 2.72. The Balaban J connectivity index is 2.44. The Morgan fingerprint density at radius 1 is 1.37 bits per heavy atom. The van der Waals surface area contributed by atoms with Crippen molar-refractivity contribution in [3.63, 3.8) is 0 Å². The zero-order chi connectivity index (χ0) is 14.5. The maximum Gasteiger partial charge on any atom is 0.392 e. The summed E-state index contributed by atoms with van der Waals surface area (Å²) in [5.74, 6) is -2.85. The van der Waals surface area contributed by atoms with E-state index in [1.165, 1.54) is 0 Å². The van der Waals surface area contributed by atoms with Crippen LogP contribution in [0.5, 0.6) is 0 Å². The van der Waals surface area contributed by atoms with Crippen molar-refractivity contribution in [3.05, 3.63) is 0 Å². The van der Waals surface area contributed by atoms with E-state index in [4.69, 9.17) is 11.6 Å². The molecule has 1 fully saturated rings. The van der Waals surface area contributed by atoms with Crippen LogP contribution >= 0.6 is 11.6 Å². The van der Waals surface area contributed by atoms with Gasteiger partial charge in [0.1, 0.15) is 0 Å². The second kappa shape index (κ2) is 7.36. The fourth-order valence-electron chi connectivity index (χ4n) is 2.56. The van der Waals surface area contributed by atoms with Gasteiger partial charge in [-0.3, -0.25) is 4.79 Å². The zero-order valence-electron chi connectivity index (χ0n) is 11.1. The Labute approximate surface area is 117 Å². The highest BCUT2D eigenvalue weighted by Gasteiger charge is 2.47. The summed E-state index contributed by atoms with van der Waals surface area (Å²) in [4.78, 5) is 11.9. The van der Waals surface area contributed by atoms with Gasteiger partial charge in [0.2, 0.25) is 5.91 Å². The van der Waals surface area contributed by atoms with Gasteiger partial charge in [-0.15, -0.1) is 11.6 Å². The minimum absolute atomic E-state index is 0.0227.